The predicted molar refractivity (Wildman–Crippen MR) is 76.0 cm³/mol. The number of hydrazine groups is 1. The van der Waals surface area contributed by atoms with Crippen LogP contribution in [0.3, 0.4) is 0 Å². The van der Waals surface area contributed by atoms with Gasteiger partial charge in [0.15, 0.2) is 0 Å². The summed E-state index contributed by atoms with van der Waals surface area (Å²) in [7, 11) is 0. The van der Waals surface area contributed by atoms with Crippen molar-refractivity contribution in [3.05, 3.63) is 17.1 Å². The lowest BCUT2D eigenvalue weighted by Gasteiger charge is -2.22. The molecule has 1 aliphatic rings. The average molecular weight is 264 g/mol. The summed E-state index contributed by atoms with van der Waals surface area (Å²) in [6, 6.07) is 0. The number of ether oxygens (including phenoxy) is 1. The Bertz CT molecular complexity index is 428. The van der Waals surface area contributed by atoms with Crippen LogP contribution in [0.4, 0.5) is 5.82 Å². The molecule has 0 saturated carbocycles. The van der Waals surface area contributed by atoms with E-state index in [-0.39, 0.29) is 6.10 Å². The molecule has 5 heteroatoms. The van der Waals surface area contributed by atoms with Crippen molar-refractivity contribution in [2.75, 3.05) is 12.0 Å². The summed E-state index contributed by atoms with van der Waals surface area (Å²) in [4.78, 5) is 9.15. The number of nitrogens with one attached hydrogen (secondary N) is 1. The number of anilines is 1. The number of hydrogen-bond donors (Lipinski definition) is 2. The van der Waals surface area contributed by atoms with Gasteiger partial charge in [0, 0.05) is 24.3 Å². The fraction of sp³-hybridized carbons (Fsp3) is 0.714. The number of hydrogen-bond acceptors (Lipinski definition) is 5. The summed E-state index contributed by atoms with van der Waals surface area (Å²) in [5, 5.41) is 0. The predicted octanol–water partition coefficient (Wildman–Crippen LogP) is 2.31. The zero-order valence-electron chi connectivity index (χ0n) is 12.1. The summed E-state index contributed by atoms with van der Waals surface area (Å²) < 4.78 is 5.74. The normalized spacial score (nSPS) is 19.7. The Morgan fingerprint density at radius 2 is 2.16 bits per heavy atom. The van der Waals surface area contributed by atoms with Crippen molar-refractivity contribution in [1.29, 1.82) is 0 Å². The van der Waals surface area contributed by atoms with Gasteiger partial charge < -0.3 is 10.2 Å². The van der Waals surface area contributed by atoms with E-state index in [2.05, 4.69) is 29.2 Å². The monoisotopic (exact) mass is 264 g/mol. The van der Waals surface area contributed by atoms with E-state index in [0.717, 1.165) is 48.8 Å². The Morgan fingerprint density at radius 1 is 1.37 bits per heavy atom. The molecule has 1 saturated heterocycles. The van der Waals surface area contributed by atoms with Crippen molar-refractivity contribution in [2.24, 2.45) is 5.84 Å². The van der Waals surface area contributed by atoms with Crippen LogP contribution >= 0.6 is 0 Å². The number of aryl methyl sites for hydroxylation is 1. The zero-order valence-corrected chi connectivity index (χ0v) is 12.1. The van der Waals surface area contributed by atoms with E-state index in [4.69, 9.17) is 10.6 Å². The lowest BCUT2D eigenvalue weighted by Crippen LogP contribution is -2.23. The van der Waals surface area contributed by atoms with Crippen molar-refractivity contribution < 1.29 is 4.74 Å². The number of nitrogens with two attached hydrogens (primary N) is 1. The molecule has 0 amide bonds. The SMILES string of the molecule is Cc1nc(CC2CCCCO2)nc(NN)c1C(C)C. The fourth-order valence-corrected chi connectivity index (χ4v) is 2.70. The van der Waals surface area contributed by atoms with E-state index in [9.17, 15) is 0 Å². The maximum absolute atomic E-state index is 5.74. The maximum Gasteiger partial charge on any atom is 0.147 e. The first-order valence-electron chi connectivity index (χ1n) is 7.07. The maximum atomic E-state index is 5.74. The Morgan fingerprint density at radius 3 is 2.74 bits per heavy atom. The molecule has 1 aromatic heterocycles. The molecular weight excluding hydrogens is 240 g/mol. The molecule has 0 spiro atoms. The molecular formula is C14H24N4O. The molecule has 0 bridgehead atoms. The van der Waals surface area contributed by atoms with Crippen molar-refractivity contribution in [3.8, 4) is 0 Å². The molecule has 3 N–H and O–H groups in total. The van der Waals surface area contributed by atoms with E-state index in [0.29, 0.717) is 5.92 Å². The van der Waals surface area contributed by atoms with Crippen LogP contribution < -0.4 is 11.3 Å². The number of aromatic nitrogens is 2. The van der Waals surface area contributed by atoms with Crippen LogP contribution in [-0.4, -0.2) is 22.7 Å². The van der Waals surface area contributed by atoms with Crippen molar-refractivity contribution in [1.82, 2.24) is 9.97 Å². The number of nitrogen functional groups attached to an aromatic ring is 1. The molecule has 0 aliphatic carbocycles. The number of nitrogens with zero attached hydrogens (tertiary/aromatic N) is 2. The second-order valence-electron chi connectivity index (χ2n) is 5.48. The van der Waals surface area contributed by atoms with E-state index in [1.165, 1.54) is 6.42 Å². The minimum Gasteiger partial charge on any atom is -0.378 e. The van der Waals surface area contributed by atoms with Gasteiger partial charge in [-0.1, -0.05) is 13.8 Å². The van der Waals surface area contributed by atoms with Crippen molar-refractivity contribution in [2.45, 2.75) is 58.5 Å². The third kappa shape index (κ3) is 3.42. The quantitative estimate of drug-likeness (QED) is 0.645. The molecule has 1 unspecified atom stereocenters. The van der Waals surface area contributed by atoms with Crippen LogP contribution in [0, 0.1) is 6.92 Å². The molecule has 1 aromatic rings. The third-order valence-corrected chi connectivity index (χ3v) is 3.58. The van der Waals surface area contributed by atoms with Gasteiger partial charge in [-0.05, 0) is 32.1 Å². The number of rotatable bonds is 4. The smallest absolute Gasteiger partial charge is 0.147 e. The summed E-state index contributed by atoms with van der Waals surface area (Å²) >= 11 is 0. The van der Waals surface area contributed by atoms with Gasteiger partial charge in [0.1, 0.15) is 11.6 Å². The van der Waals surface area contributed by atoms with Crippen LogP contribution in [-0.2, 0) is 11.2 Å². The van der Waals surface area contributed by atoms with Crippen molar-refractivity contribution >= 4 is 5.82 Å². The highest BCUT2D eigenvalue weighted by atomic mass is 16.5. The molecule has 106 valence electrons. The highest BCUT2D eigenvalue weighted by Gasteiger charge is 2.19. The molecule has 1 fully saturated rings. The Balaban J connectivity index is 2.19. The highest BCUT2D eigenvalue weighted by molar-refractivity contribution is 5.47. The first-order valence-corrected chi connectivity index (χ1v) is 7.07. The van der Waals surface area contributed by atoms with Gasteiger partial charge in [-0.2, -0.15) is 0 Å². The fourth-order valence-electron chi connectivity index (χ4n) is 2.70. The minimum absolute atomic E-state index is 0.253. The molecule has 2 rings (SSSR count). The molecule has 1 atom stereocenters. The summed E-state index contributed by atoms with van der Waals surface area (Å²) in [5.41, 5.74) is 4.80. The first kappa shape index (κ1) is 14.2. The van der Waals surface area contributed by atoms with Gasteiger partial charge in [0.05, 0.1) is 6.10 Å². The van der Waals surface area contributed by atoms with Crippen LogP contribution in [0.1, 0.15) is 56.1 Å². The van der Waals surface area contributed by atoms with Gasteiger partial charge in [-0.15, -0.1) is 0 Å². The molecule has 0 aromatic carbocycles. The molecule has 19 heavy (non-hydrogen) atoms. The third-order valence-electron chi connectivity index (χ3n) is 3.58. The van der Waals surface area contributed by atoms with Gasteiger partial charge in [-0.3, -0.25) is 0 Å². The van der Waals surface area contributed by atoms with Gasteiger partial charge in [0.2, 0.25) is 0 Å². The summed E-state index contributed by atoms with van der Waals surface area (Å²) in [5.74, 6) is 7.51. The van der Waals surface area contributed by atoms with Gasteiger partial charge in [-0.25, -0.2) is 15.8 Å². The van der Waals surface area contributed by atoms with Crippen LogP contribution in [0.25, 0.3) is 0 Å². The van der Waals surface area contributed by atoms with Crippen molar-refractivity contribution in [3.63, 3.8) is 0 Å². The first-order chi connectivity index (χ1) is 9.11. The Kier molecular flexibility index (Phi) is 4.71. The van der Waals surface area contributed by atoms with E-state index >= 15 is 0 Å². The van der Waals surface area contributed by atoms with E-state index in [1.54, 1.807) is 0 Å². The van der Waals surface area contributed by atoms with Crippen LogP contribution in [0.2, 0.25) is 0 Å². The topological polar surface area (TPSA) is 73.1 Å². The molecule has 0 radical (unpaired) electrons. The molecule has 1 aliphatic heterocycles. The zero-order chi connectivity index (χ0) is 13.8. The van der Waals surface area contributed by atoms with E-state index < -0.39 is 0 Å². The second kappa shape index (κ2) is 6.30. The van der Waals surface area contributed by atoms with Gasteiger partial charge >= 0.3 is 0 Å². The summed E-state index contributed by atoms with van der Waals surface area (Å²) in [6.07, 6.45) is 4.52. The lowest BCUT2D eigenvalue weighted by atomic mass is 10.0. The minimum atomic E-state index is 0.253. The Hall–Kier alpha value is -1.20. The lowest BCUT2D eigenvalue weighted by molar-refractivity contribution is 0.0156. The van der Waals surface area contributed by atoms with Gasteiger partial charge in [0.25, 0.3) is 0 Å². The molecule has 5 nitrogen and oxygen atoms in total. The highest BCUT2D eigenvalue weighted by Crippen LogP contribution is 2.25. The van der Waals surface area contributed by atoms with E-state index in [1.807, 2.05) is 6.92 Å². The largest absolute Gasteiger partial charge is 0.378 e. The molecule has 2 heterocycles. The standard InChI is InChI=1S/C14H24N4O/c1-9(2)13-10(3)16-12(17-14(13)18-15)8-11-6-4-5-7-19-11/h9,11H,4-8,15H2,1-3H3,(H,16,17,18). The average Bonchev–Trinajstić information content (AvgIpc) is 2.38. The second-order valence-corrected chi connectivity index (χ2v) is 5.48. The van der Waals surface area contributed by atoms with Crippen LogP contribution in [0.15, 0.2) is 0 Å². The Labute approximate surface area is 114 Å². The summed E-state index contributed by atoms with van der Waals surface area (Å²) in [6.45, 7) is 7.12. The van der Waals surface area contributed by atoms with Crippen LogP contribution in [0.5, 0.6) is 0 Å².